The van der Waals surface area contributed by atoms with Gasteiger partial charge in [0, 0.05) is 13.0 Å². The van der Waals surface area contributed by atoms with Crippen molar-refractivity contribution in [3.8, 4) is 0 Å². The summed E-state index contributed by atoms with van der Waals surface area (Å²) in [5.74, 6) is 2.73. The van der Waals surface area contributed by atoms with E-state index in [1.807, 2.05) is 6.92 Å². The topological polar surface area (TPSA) is 60.2 Å². The summed E-state index contributed by atoms with van der Waals surface area (Å²) in [7, 11) is 0. The van der Waals surface area contributed by atoms with Crippen LogP contribution in [0.15, 0.2) is 4.52 Å². The highest BCUT2D eigenvalue weighted by atomic mass is 16.5. The standard InChI is InChI=1S/C15H27N3O2/c1-4-13(19-5-2)15-17-14(20-18-15)9-11(3)12-7-6-8-16-10-12/h11-13,16H,4-10H2,1-3H3. The van der Waals surface area contributed by atoms with Crippen LogP contribution in [-0.2, 0) is 11.2 Å². The molecule has 0 bridgehead atoms. The summed E-state index contributed by atoms with van der Waals surface area (Å²) >= 11 is 0. The Kier molecular flexibility index (Phi) is 5.98. The average molecular weight is 281 g/mol. The van der Waals surface area contributed by atoms with E-state index >= 15 is 0 Å². The summed E-state index contributed by atoms with van der Waals surface area (Å²) in [4.78, 5) is 4.51. The normalized spacial score (nSPS) is 22.6. The summed E-state index contributed by atoms with van der Waals surface area (Å²) in [5.41, 5.74) is 0. The van der Waals surface area contributed by atoms with Gasteiger partial charge in [-0.15, -0.1) is 0 Å². The van der Waals surface area contributed by atoms with E-state index in [0.29, 0.717) is 24.3 Å². The minimum atomic E-state index is -0.0378. The van der Waals surface area contributed by atoms with E-state index in [0.717, 1.165) is 31.8 Å². The zero-order valence-electron chi connectivity index (χ0n) is 12.9. The van der Waals surface area contributed by atoms with E-state index in [1.165, 1.54) is 12.8 Å². The quantitative estimate of drug-likeness (QED) is 0.832. The molecule has 5 nitrogen and oxygen atoms in total. The summed E-state index contributed by atoms with van der Waals surface area (Å²) < 4.78 is 11.0. The third-order valence-corrected chi connectivity index (χ3v) is 4.15. The van der Waals surface area contributed by atoms with Gasteiger partial charge in [0.25, 0.3) is 0 Å². The van der Waals surface area contributed by atoms with Crippen molar-refractivity contribution >= 4 is 0 Å². The number of hydrogen-bond acceptors (Lipinski definition) is 5. The molecule has 3 unspecified atom stereocenters. The van der Waals surface area contributed by atoms with Crippen molar-refractivity contribution in [1.29, 1.82) is 0 Å². The first-order valence-electron chi connectivity index (χ1n) is 7.89. The van der Waals surface area contributed by atoms with Gasteiger partial charge in [-0.3, -0.25) is 0 Å². The smallest absolute Gasteiger partial charge is 0.227 e. The van der Waals surface area contributed by atoms with Crippen molar-refractivity contribution in [1.82, 2.24) is 15.5 Å². The van der Waals surface area contributed by atoms with Crippen LogP contribution in [0.25, 0.3) is 0 Å². The maximum atomic E-state index is 5.62. The predicted molar refractivity (Wildman–Crippen MR) is 77.4 cm³/mol. The molecule has 1 aromatic rings. The minimum absolute atomic E-state index is 0.0378. The molecular formula is C15H27N3O2. The number of rotatable bonds is 7. The molecule has 0 aromatic carbocycles. The molecule has 0 spiro atoms. The Labute approximate surface area is 121 Å². The van der Waals surface area contributed by atoms with Gasteiger partial charge in [-0.05, 0) is 51.1 Å². The van der Waals surface area contributed by atoms with Crippen LogP contribution in [0.3, 0.4) is 0 Å². The highest BCUT2D eigenvalue weighted by Gasteiger charge is 2.23. The SMILES string of the molecule is CCOC(CC)c1noc(CC(C)C2CCCNC2)n1. The second kappa shape index (κ2) is 7.74. The van der Waals surface area contributed by atoms with E-state index in [9.17, 15) is 0 Å². The molecule has 20 heavy (non-hydrogen) atoms. The van der Waals surface area contributed by atoms with Crippen LogP contribution in [0.4, 0.5) is 0 Å². The van der Waals surface area contributed by atoms with Gasteiger partial charge in [0.2, 0.25) is 11.7 Å². The zero-order chi connectivity index (χ0) is 14.4. The highest BCUT2D eigenvalue weighted by molar-refractivity contribution is 4.93. The van der Waals surface area contributed by atoms with Gasteiger partial charge in [-0.25, -0.2) is 0 Å². The summed E-state index contributed by atoms with van der Waals surface area (Å²) in [6.45, 7) is 9.28. The molecule has 1 N–H and O–H groups in total. The molecular weight excluding hydrogens is 254 g/mol. The van der Waals surface area contributed by atoms with E-state index < -0.39 is 0 Å². The molecule has 1 saturated heterocycles. The van der Waals surface area contributed by atoms with Crippen LogP contribution in [0, 0.1) is 11.8 Å². The van der Waals surface area contributed by atoms with Gasteiger partial charge in [-0.2, -0.15) is 4.98 Å². The molecule has 5 heteroatoms. The Morgan fingerprint density at radius 1 is 1.45 bits per heavy atom. The Bertz CT molecular complexity index is 388. The molecule has 0 aliphatic carbocycles. The van der Waals surface area contributed by atoms with Gasteiger partial charge >= 0.3 is 0 Å². The summed E-state index contributed by atoms with van der Waals surface area (Å²) in [6.07, 6.45) is 4.26. The number of piperidine rings is 1. The average Bonchev–Trinajstić information content (AvgIpc) is 2.94. The lowest BCUT2D eigenvalue weighted by molar-refractivity contribution is 0.0518. The van der Waals surface area contributed by atoms with Crippen molar-refractivity contribution in [2.45, 2.75) is 52.6 Å². The van der Waals surface area contributed by atoms with Crippen LogP contribution in [0.5, 0.6) is 0 Å². The maximum Gasteiger partial charge on any atom is 0.227 e. The molecule has 0 radical (unpaired) electrons. The lowest BCUT2D eigenvalue weighted by Crippen LogP contribution is -2.33. The third kappa shape index (κ3) is 4.03. The zero-order valence-corrected chi connectivity index (χ0v) is 12.9. The van der Waals surface area contributed by atoms with Crippen molar-refractivity contribution in [2.24, 2.45) is 11.8 Å². The van der Waals surface area contributed by atoms with Crippen molar-refractivity contribution in [3.05, 3.63) is 11.7 Å². The Morgan fingerprint density at radius 2 is 2.30 bits per heavy atom. The highest BCUT2D eigenvalue weighted by Crippen LogP contribution is 2.24. The van der Waals surface area contributed by atoms with E-state index in [4.69, 9.17) is 9.26 Å². The van der Waals surface area contributed by atoms with Crippen LogP contribution < -0.4 is 5.32 Å². The Hall–Kier alpha value is -0.940. The van der Waals surface area contributed by atoms with Gasteiger partial charge < -0.3 is 14.6 Å². The van der Waals surface area contributed by atoms with Crippen LogP contribution in [-0.4, -0.2) is 29.8 Å². The van der Waals surface area contributed by atoms with Crippen molar-refractivity contribution in [3.63, 3.8) is 0 Å². The van der Waals surface area contributed by atoms with Crippen LogP contribution in [0.1, 0.15) is 57.9 Å². The molecule has 0 amide bonds. The first-order valence-corrected chi connectivity index (χ1v) is 7.89. The number of hydrogen-bond donors (Lipinski definition) is 1. The molecule has 1 aliphatic heterocycles. The molecule has 114 valence electrons. The van der Waals surface area contributed by atoms with E-state index in [-0.39, 0.29) is 6.10 Å². The lowest BCUT2D eigenvalue weighted by Gasteiger charge is -2.27. The largest absolute Gasteiger partial charge is 0.370 e. The van der Waals surface area contributed by atoms with Gasteiger partial charge in [-0.1, -0.05) is 19.0 Å². The number of ether oxygens (including phenoxy) is 1. The second-order valence-electron chi connectivity index (χ2n) is 5.69. The number of nitrogens with zero attached hydrogens (tertiary/aromatic N) is 2. The third-order valence-electron chi connectivity index (χ3n) is 4.15. The van der Waals surface area contributed by atoms with Gasteiger partial charge in [0.05, 0.1) is 0 Å². The Balaban J connectivity index is 1.91. The maximum absolute atomic E-state index is 5.62. The molecule has 2 rings (SSSR count). The summed E-state index contributed by atoms with van der Waals surface area (Å²) in [6, 6.07) is 0. The van der Waals surface area contributed by atoms with Crippen LogP contribution >= 0.6 is 0 Å². The fourth-order valence-corrected chi connectivity index (χ4v) is 2.86. The second-order valence-corrected chi connectivity index (χ2v) is 5.69. The minimum Gasteiger partial charge on any atom is -0.370 e. The summed E-state index contributed by atoms with van der Waals surface area (Å²) in [5, 5.41) is 7.54. The van der Waals surface area contributed by atoms with Crippen LogP contribution in [0.2, 0.25) is 0 Å². The Morgan fingerprint density at radius 3 is 2.95 bits per heavy atom. The predicted octanol–water partition coefficient (Wildman–Crippen LogP) is 2.74. The van der Waals surface area contributed by atoms with E-state index in [1.54, 1.807) is 0 Å². The fourth-order valence-electron chi connectivity index (χ4n) is 2.86. The van der Waals surface area contributed by atoms with Crippen molar-refractivity contribution in [2.75, 3.05) is 19.7 Å². The molecule has 1 aliphatic rings. The molecule has 2 heterocycles. The fraction of sp³-hybridized carbons (Fsp3) is 0.867. The van der Waals surface area contributed by atoms with Crippen molar-refractivity contribution < 1.29 is 9.26 Å². The lowest BCUT2D eigenvalue weighted by atomic mass is 9.85. The van der Waals surface area contributed by atoms with E-state index in [2.05, 4.69) is 29.3 Å². The first kappa shape index (κ1) is 15.4. The molecule has 1 aromatic heterocycles. The van der Waals surface area contributed by atoms with Gasteiger partial charge in [0.15, 0.2) is 0 Å². The number of aromatic nitrogens is 2. The first-order chi connectivity index (χ1) is 9.74. The molecule has 3 atom stereocenters. The molecule has 0 saturated carbocycles. The molecule has 1 fully saturated rings. The number of nitrogens with one attached hydrogen (secondary N) is 1. The monoisotopic (exact) mass is 281 g/mol. The van der Waals surface area contributed by atoms with Gasteiger partial charge in [0.1, 0.15) is 6.10 Å².